The minimum Gasteiger partial charge on any atom is -0.489 e. The van der Waals surface area contributed by atoms with Crippen molar-refractivity contribution in [2.45, 2.75) is 38.3 Å². The molecule has 1 heterocycles. The van der Waals surface area contributed by atoms with Gasteiger partial charge in [0.2, 0.25) is 0 Å². The van der Waals surface area contributed by atoms with Crippen LogP contribution in [0.3, 0.4) is 0 Å². The Morgan fingerprint density at radius 1 is 0.893 bits per heavy atom. The van der Waals surface area contributed by atoms with E-state index >= 15 is 0 Å². The lowest BCUT2D eigenvalue weighted by molar-refractivity contribution is 0.122. The van der Waals surface area contributed by atoms with E-state index in [0.29, 0.717) is 12.6 Å². The van der Waals surface area contributed by atoms with Gasteiger partial charge in [-0.25, -0.2) is 0 Å². The molecule has 1 saturated heterocycles. The third-order valence-electron chi connectivity index (χ3n) is 5.87. The summed E-state index contributed by atoms with van der Waals surface area (Å²) in [4.78, 5) is 2.69. The number of nitrogens with zero attached hydrogens (tertiary/aromatic N) is 1. The van der Waals surface area contributed by atoms with Gasteiger partial charge in [-0.3, -0.25) is 4.90 Å². The molecule has 0 radical (unpaired) electrons. The molecule has 0 unspecified atom stereocenters. The molecule has 154 valence electrons. The molecule has 1 saturated carbocycles. The number of benzene rings is 2. The zero-order chi connectivity index (χ0) is 17.6. The van der Waals surface area contributed by atoms with Crippen LogP contribution in [0.5, 0.6) is 5.75 Å². The third kappa shape index (κ3) is 5.64. The van der Waals surface area contributed by atoms with Crippen molar-refractivity contribution >= 4 is 24.8 Å². The van der Waals surface area contributed by atoms with Crippen LogP contribution in [0.15, 0.2) is 54.6 Å². The summed E-state index contributed by atoms with van der Waals surface area (Å²) in [6.45, 7) is 5.09. The quantitative estimate of drug-likeness (QED) is 0.687. The highest BCUT2D eigenvalue weighted by Crippen LogP contribution is 2.42. The Morgan fingerprint density at radius 2 is 1.54 bits per heavy atom. The predicted octanol–water partition coefficient (Wildman–Crippen LogP) is 5.25. The van der Waals surface area contributed by atoms with E-state index in [9.17, 15) is 0 Å². The summed E-state index contributed by atoms with van der Waals surface area (Å²) in [5.41, 5.74) is 2.61. The number of nitrogens with one attached hydrogen (secondary N) is 1. The highest BCUT2D eigenvalue weighted by molar-refractivity contribution is 5.85. The fourth-order valence-electron chi connectivity index (χ4n) is 4.57. The number of ether oxygens (including phenoxy) is 1. The van der Waals surface area contributed by atoms with Gasteiger partial charge in [0.1, 0.15) is 12.4 Å². The van der Waals surface area contributed by atoms with E-state index < -0.39 is 0 Å². The summed E-state index contributed by atoms with van der Waals surface area (Å²) in [5, 5.41) is 3.50. The molecule has 0 amide bonds. The molecular weight excluding hydrogens is 391 g/mol. The number of halogens is 2. The number of hydrogen-bond donors (Lipinski definition) is 1. The summed E-state index contributed by atoms with van der Waals surface area (Å²) in [7, 11) is 0. The van der Waals surface area contributed by atoms with Crippen LogP contribution >= 0.6 is 24.8 Å². The number of para-hydroxylation sites is 1. The van der Waals surface area contributed by atoms with E-state index in [2.05, 4.69) is 64.8 Å². The second-order valence-electron chi connectivity index (χ2n) is 7.59. The van der Waals surface area contributed by atoms with Crippen molar-refractivity contribution < 1.29 is 4.74 Å². The summed E-state index contributed by atoms with van der Waals surface area (Å²) in [6.07, 6.45) is 5.45. The molecule has 2 aromatic carbocycles. The van der Waals surface area contributed by atoms with Gasteiger partial charge < -0.3 is 10.1 Å². The van der Waals surface area contributed by atoms with Crippen molar-refractivity contribution in [3.63, 3.8) is 0 Å². The maximum absolute atomic E-state index is 6.31. The summed E-state index contributed by atoms with van der Waals surface area (Å²) >= 11 is 0. The van der Waals surface area contributed by atoms with Gasteiger partial charge in [-0.15, -0.1) is 24.8 Å². The summed E-state index contributed by atoms with van der Waals surface area (Å²) in [5.74, 6) is 1.82. The van der Waals surface area contributed by atoms with Gasteiger partial charge >= 0.3 is 0 Å². The zero-order valence-electron chi connectivity index (χ0n) is 16.4. The van der Waals surface area contributed by atoms with E-state index in [4.69, 9.17) is 4.74 Å². The first kappa shape index (κ1) is 23.0. The van der Waals surface area contributed by atoms with E-state index in [1.807, 2.05) is 0 Å². The van der Waals surface area contributed by atoms with Gasteiger partial charge in [0.25, 0.3) is 0 Å². The van der Waals surface area contributed by atoms with Crippen molar-refractivity contribution in [1.29, 1.82) is 0 Å². The van der Waals surface area contributed by atoms with Crippen LogP contribution in [0.25, 0.3) is 0 Å². The fraction of sp³-hybridized carbons (Fsp3) is 0.478. The van der Waals surface area contributed by atoms with Gasteiger partial charge in [-0.05, 0) is 30.4 Å². The highest BCUT2D eigenvalue weighted by Gasteiger charge is 2.33. The molecule has 5 heteroatoms. The molecule has 2 fully saturated rings. The molecule has 1 atom stereocenters. The molecule has 0 aromatic heterocycles. The largest absolute Gasteiger partial charge is 0.489 e. The smallest absolute Gasteiger partial charge is 0.124 e. The van der Waals surface area contributed by atoms with Crippen LogP contribution in [0, 0.1) is 5.92 Å². The average Bonchev–Trinajstić information content (AvgIpc) is 3.23. The van der Waals surface area contributed by atoms with Crippen LogP contribution in [-0.4, -0.2) is 31.1 Å². The van der Waals surface area contributed by atoms with Crippen LogP contribution in [0.2, 0.25) is 0 Å². The minimum atomic E-state index is 0. The Balaban J connectivity index is 0.00000140. The first-order valence-corrected chi connectivity index (χ1v) is 10.1. The number of rotatable bonds is 6. The molecule has 0 spiro atoms. The lowest BCUT2D eigenvalue weighted by Crippen LogP contribution is -2.46. The maximum Gasteiger partial charge on any atom is 0.124 e. The Bertz CT molecular complexity index is 686. The fourth-order valence-corrected chi connectivity index (χ4v) is 4.57. The van der Waals surface area contributed by atoms with Crippen molar-refractivity contribution in [1.82, 2.24) is 10.2 Å². The van der Waals surface area contributed by atoms with Gasteiger partial charge in [0, 0.05) is 37.8 Å². The van der Waals surface area contributed by atoms with Crippen molar-refractivity contribution in [2.24, 2.45) is 5.92 Å². The van der Waals surface area contributed by atoms with Crippen molar-refractivity contribution in [2.75, 3.05) is 26.2 Å². The van der Waals surface area contributed by atoms with Gasteiger partial charge in [-0.1, -0.05) is 61.4 Å². The molecule has 4 rings (SSSR count). The van der Waals surface area contributed by atoms with Gasteiger partial charge in [0.15, 0.2) is 0 Å². The summed E-state index contributed by atoms with van der Waals surface area (Å²) < 4.78 is 6.31. The van der Waals surface area contributed by atoms with Crippen LogP contribution < -0.4 is 10.1 Å². The standard InChI is InChI=1S/C23H30N2O.2ClH/c1-2-8-19(9-3-1)18-26-22-13-7-6-12-21(22)23(20-10-4-5-11-20)25-16-14-24-15-17-25;;/h1-3,6-9,12-13,20,23-24H,4-5,10-11,14-18H2;2*1H/t23-;;/m1../s1. The topological polar surface area (TPSA) is 24.5 Å². The molecular formula is C23H32Cl2N2O. The maximum atomic E-state index is 6.31. The number of piperazine rings is 1. The van der Waals surface area contributed by atoms with Crippen LogP contribution in [0.1, 0.15) is 42.9 Å². The van der Waals surface area contributed by atoms with Crippen LogP contribution in [-0.2, 0) is 6.61 Å². The van der Waals surface area contributed by atoms with Crippen molar-refractivity contribution in [3.05, 3.63) is 65.7 Å². The van der Waals surface area contributed by atoms with E-state index in [1.165, 1.54) is 36.8 Å². The van der Waals surface area contributed by atoms with Crippen molar-refractivity contribution in [3.8, 4) is 5.75 Å². The molecule has 1 N–H and O–H groups in total. The normalized spacial score (nSPS) is 18.7. The average molecular weight is 423 g/mol. The monoisotopic (exact) mass is 422 g/mol. The van der Waals surface area contributed by atoms with E-state index in [0.717, 1.165) is 37.8 Å². The molecule has 2 aliphatic rings. The van der Waals surface area contributed by atoms with E-state index in [-0.39, 0.29) is 24.8 Å². The minimum absolute atomic E-state index is 0. The first-order valence-electron chi connectivity index (χ1n) is 10.1. The Labute approximate surface area is 181 Å². The first-order chi connectivity index (χ1) is 12.9. The Kier molecular flexibility index (Phi) is 9.60. The van der Waals surface area contributed by atoms with Crippen LogP contribution in [0.4, 0.5) is 0 Å². The highest BCUT2D eigenvalue weighted by atomic mass is 35.5. The third-order valence-corrected chi connectivity index (χ3v) is 5.87. The second kappa shape index (κ2) is 11.7. The predicted molar refractivity (Wildman–Crippen MR) is 121 cm³/mol. The molecule has 1 aliphatic carbocycles. The van der Waals surface area contributed by atoms with Gasteiger partial charge in [-0.2, -0.15) is 0 Å². The molecule has 1 aliphatic heterocycles. The zero-order valence-corrected chi connectivity index (χ0v) is 18.0. The molecule has 0 bridgehead atoms. The Hall–Kier alpha value is -1.26. The molecule has 3 nitrogen and oxygen atoms in total. The van der Waals surface area contributed by atoms with E-state index in [1.54, 1.807) is 0 Å². The molecule has 2 aromatic rings. The number of hydrogen-bond acceptors (Lipinski definition) is 3. The summed E-state index contributed by atoms with van der Waals surface area (Å²) in [6, 6.07) is 19.7. The van der Waals surface area contributed by atoms with Gasteiger partial charge in [0.05, 0.1) is 0 Å². The lowest BCUT2D eigenvalue weighted by Gasteiger charge is -2.39. The second-order valence-corrected chi connectivity index (χ2v) is 7.59. The molecule has 28 heavy (non-hydrogen) atoms. The Morgan fingerprint density at radius 3 is 2.25 bits per heavy atom. The lowest BCUT2D eigenvalue weighted by atomic mass is 9.89. The SMILES string of the molecule is Cl.Cl.c1ccc(COc2ccccc2[C@@H](C2CCCC2)N2CCNCC2)cc1.